The van der Waals surface area contributed by atoms with E-state index in [-0.39, 0.29) is 0 Å². The minimum absolute atomic E-state index is 0.395. The van der Waals surface area contributed by atoms with E-state index >= 15 is 0 Å². The number of carboxylic acids is 1. The minimum atomic E-state index is -1.03. The Kier molecular flexibility index (Phi) is 7.08. The van der Waals surface area contributed by atoms with Gasteiger partial charge in [-0.25, -0.2) is 9.59 Å². The van der Waals surface area contributed by atoms with E-state index in [0.29, 0.717) is 25.1 Å². The number of rotatable bonds is 8. The molecule has 0 spiro atoms. The number of hydrogen-bond donors (Lipinski definition) is 3. The highest BCUT2D eigenvalue weighted by Gasteiger charge is 2.18. The number of carbonyl (C=O) groups excluding carboxylic acids is 1. The zero-order chi connectivity index (χ0) is 15.7. The fraction of sp³-hybridized carbons (Fsp3) is 0.467. The Bertz CT molecular complexity index is 459. The number of ether oxygens (including phenoxy) is 1. The molecular formula is C15H22N2O4. The number of benzene rings is 1. The Morgan fingerprint density at radius 3 is 2.38 bits per heavy atom. The summed E-state index contributed by atoms with van der Waals surface area (Å²) in [7, 11) is 0. The molecule has 0 aliphatic carbocycles. The van der Waals surface area contributed by atoms with Crippen molar-refractivity contribution in [2.75, 3.05) is 11.9 Å². The summed E-state index contributed by atoms with van der Waals surface area (Å²) < 4.78 is 5.44. The van der Waals surface area contributed by atoms with Crippen molar-refractivity contribution in [1.29, 1.82) is 0 Å². The van der Waals surface area contributed by atoms with Crippen LogP contribution in [0.15, 0.2) is 24.3 Å². The van der Waals surface area contributed by atoms with Gasteiger partial charge in [-0.15, -0.1) is 0 Å². The molecule has 1 rings (SSSR count). The first kappa shape index (κ1) is 16.8. The quantitative estimate of drug-likeness (QED) is 0.688. The summed E-state index contributed by atoms with van der Waals surface area (Å²) in [6.07, 6.45) is 2.00. The standard InChI is InChI=1S/C15H22N2O4/c1-3-5-13(14(18)19)17-15(20)16-11-6-8-12(9-7-11)21-10-4-2/h6-9,13H,3-5,10H2,1-2H3,(H,18,19)(H2,16,17,20). The zero-order valence-corrected chi connectivity index (χ0v) is 12.4. The molecule has 0 aliphatic rings. The normalized spacial score (nSPS) is 11.5. The van der Waals surface area contributed by atoms with Crippen LogP contribution >= 0.6 is 0 Å². The molecule has 0 aliphatic heterocycles. The van der Waals surface area contributed by atoms with Gasteiger partial charge in [-0.3, -0.25) is 0 Å². The number of anilines is 1. The van der Waals surface area contributed by atoms with Gasteiger partial charge in [-0.2, -0.15) is 0 Å². The van der Waals surface area contributed by atoms with Crippen LogP contribution in [0.1, 0.15) is 33.1 Å². The van der Waals surface area contributed by atoms with Crippen LogP contribution in [0.2, 0.25) is 0 Å². The van der Waals surface area contributed by atoms with E-state index in [9.17, 15) is 9.59 Å². The molecule has 0 fully saturated rings. The minimum Gasteiger partial charge on any atom is -0.494 e. The second-order valence-corrected chi connectivity index (χ2v) is 4.65. The van der Waals surface area contributed by atoms with Gasteiger partial charge in [-0.1, -0.05) is 20.3 Å². The van der Waals surface area contributed by atoms with Gasteiger partial charge in [0.1, 0.15) is 11.8 Å². The van der Waals surface area contributed by atoms with Gasteiger partial charge >= 0.3 is 12.0 Å². The lowest BCUT2D eigenvalue weighted by atomic mass is 10.2. The summed E-state index contributed by atoms with van der Waals surface area (Å²) in [4.78, 5) is 22.7. The Hall–Kier alpha value is -2.24. The number of amides is 2. The number of aliphatic carboxylic acids is 1. The molecule has 0 saturated carbocycles. The average molecular weight is 294 g/mol. The highest BCUT2D eigenvalue weighted by molar-refractivity contribution is 5.92. The third-order valence-electron chi connectivity index (χ3n) is 2.77. The molecule has 1 atom stereocenters. The second kappa shape index (κ2) is 8.84. The fourth-order valence-corrected chi connectivity index (χ4v) is 1.73. The van der Waals surface area contributed by atoms with Crippen LogP contribution in [0.5, 0.6) is 5.75 Å². The van der Waals surface area contributed by atoms with Crippen LogP contribution in [0.4, 0.5) is 10.5 Å². The molecule has 6 nitrogen and oxygen atoms in total. The molecular weight excluding hydrogens is 272 g/mol. The number of hydrogen-bond acceptors (Lipinski definition) is 3. The van der Waals surface area contributed by atoms with E-state index in [4.69, 9.17) is 9.84 Å². The number of carboxylic acid groups (broad SMARTS) is 1. The second-order valence-electron chi connectivity index (χ2n) is 4.65. The number of urea groups is 1. The highest BCUT2D eigenvalue weighted by atomic mass is 16.5. The predicted molar refractivity (Wildman–Crippen MR) is 80.7 cm³/mol. The van der Waals surface area contributed by atoms with Gasteiger partial charge in [0.2, 0.25) is 0 Å². The van der Waals surface area contributed by atoms with Gasteiger partial charge in [-0.05, 0) is 37.1 Å². The van der Waals surface area contributed by atoms with E-state index in [1.54, 1.807) is 24.3 Å². The molecule has 0 radical (unpaired) electrons. The van der Waals surface area contributed by atoms with Crippen LogP contribution in [-0.2, 0) is 4.79 Å². The topological polar surface area (TPSA) is 87.7 Å². The first-order chi connectivity index (χ1) is 10.1. The smallest absolute Gasteiger partial charge is 0.326 e. The summed E-state index contributed by atoms with van der Waals surface area (Å²) in [5.74, 6) is -0.299. The maximum Gasteiger partial charge on any atom is 0.326 e. The molecule has 1 unspecified atom stereocenters. The fourth-order valence-electron chi connectivity index (χ4n) is 1.73. The van der Waals surface area contributed by atoms with Crippen LogP contribution in [0.3, 0.4) is 0 Å². The van der Waals surface area contributed by atoms with Gasteiger partial charge in [0.05, 0.1) is 6.61 Å². The van der Waals surface area contributed by atoms with Crippen molar-refractivity contribution in [3.05, 3.63) is 24.3 Å². The molecule has 6 heteroatoms. The molecule has 0 heterocycles. The number of carbonyl (C=O) groups is 2. The van der Waals surface area contributed by atoms with Crippen LogP contribution in [-0.4, -0.2) is 29.8 Å². The van der Waals surface area contributed by atoms with Gasteiger partial charge < -0.3 is 20.5 Å². The molecule has 116 valence electrons. The Labute approximate surface area is 124 Å². The highest BCUT2D eigenvalue weighted by Crippen LogP contribution is 2.15. The molecule has 0 saturated heterocycles. The molecule has 21 heavy (non-hydrogen) atoms. The maximum absolute atomic E-state index is 11.7. The molecule has 2 amide bonds. The predicted octanol–water partition coefficient (Wildman–Crippen LogP) is 2.85. The average Bonchev–Trinajstić information content (AvgIpc) is 2.46. The van der Waals surface area contributed by atoms with Gasteiger partial charge in [0.15, 0.2) is 0 Å². The van der Waals surface area contributed by atoms with Crippen molar-refractivity contribution in [3.8, 4) is 5.75 Å². The van der Waals surface area contributed by atoms with E-state index in [0.717, 1.165) is 12.2 Å². The van der Waals surface area contributed by atoms with Gasteiger partial charge in [0.25, 0.3) is 0 Å². The molecule has 1 aromatic rings. The summed E-state index contributed by atoms with van der Waals surface area (Å²) in [6.45, 7) is 4.53. The van der Waals surface area contributed by atoms with E-state index < -0.39 is 18.0 Å². The SMILES string of the molecule is CCCOc1ccc(NC(=O)NC(CCC)C(=O)O)cc1. The number of nitrogens with one attached hydrogen (secondary N) is 2. The van der Waals surface area contributed by atoms with Gasteiger partial charge in [0, 0.05) is 5.69 Å². The van der Waals surface area contributed by atoms with E-state index in [2.05, 4.69) is 10.6 Å². The summed E-state index contributed by atoms with van der Waals surface area (Å²) in [5.41, 5.74) is 0.581. The van der Waals surface area contributed by atoms with E-state index in [1.165, 1.54) is 0 Å². The molecule has 0 bridgehead atoms. The largest absolute Gasteiger partial charge is 0.494 e. The Morgan fingerprint density at radius 1 is 1.19 bits per heavy atom. The van der Waals surface area contributed by atoms with Crippen molar-refractivity contribution in [1.82, 2.24) is 5.32 Å². The third-order valence-corrected chi connectivity index (χ3v) is 2.77. The molecule has 1 aromatic carbocycles. The van der Waals surface area contributed by atoms with Crippen LogP contribution in [0.25, 0.3) is 0 Å². The molecule has 3 N–H and O–H groups in total. The summed E-state index contributed by atoms with van der Waals surface area (Å²) in [5, 5.41) is 14.0. The van der Waals surface area contributed by atoms with Crippen molar-refractivity contribution >= 4 is 17.7 Å². The third kappa shape index (κ3) is 6.16. The lowest BCUT2D eigenvalue weighted by Gasteiger charge is -2.14. The Balaban J connectivity index is 2.52. The lowest BCUT2D eigenvalue weighted by Crippen LogP contribution is -2.42. The Morgan fingerprint density at radius 2 is 1.86 bits per heavy atom. The van der Waals surface area contributed by atoms with Crippen molar-refractivity contribution in [2.24, 2.45) is 0 Å². The van der Waals surface area contributed by atoms with Crippen molar-refractivity contribution in [2.45, 2.75) is 39.2 Å². The first-order valence-electron chi connectivity index (χ1n) is 7.10. The van der Waals surface area contributed by atoms with Crippen molar-refractivity contribution < 1.29 is 19.4 Å². The van der Waals surface area contributed by atoms with Crippen LogP contribution in [0, 0.1) is 0 Å². The van der Waals surface area contributed by atoms with Crippen LogP contribution < -0.4 is 15.4 Å². The summed E-state index contributed by atoms with van der Waals surface area (Å²) >= 11 is 0. The zero-order valence-electron chi connectivity index (χ0n) is 12.4. The maximum atomic E-state index is 11.7. The van der Waals surface area contributed by atoms with E-state index in [1.807, 2.05) is 13.8 Å². The monoisotopic (exact) mass is 294 g/mol. The summed E-state index contributed by atoms with van der Waals surface area (Å²) in [6, 6.07) is 5.53. The molecule has 0 aromatic heterocycles. The lowest BCUT2D eigenvalue weighted by molar-refractivity contribution is -0.139. The first-order valence-corrected chi connectivity index (χ1v) is 7.10. The van der Waals surface area contributed by atoms with Crippen molar-refractivity contribution in [3.63, 3.8) is 0 Å².